The number of carbonyl (C=O) groups excluding carboxylic acids is 1. The minimum Gasteiger partial charge on any atom is -0.348 e. The predicted octanol–water partition coefficient (Wildman–Crippen LogP) is 1.37. The molecule has 0 radical (unpaired) electrons. The van der Waals surface area contributed by atoms with E-state index in [0.717, 1.165) is 25.9 Å². The molecule has 2 rings (SSSR count). The van der Waals surface area contributed by atoms with Crippen molar-refractivity contribution in [2.75, 3.05) is 27.2 Å². The largest absolute Gasteiger partial charge is 0.348 e. The first-order valence-corrected chi connectivity index (χ1v) is 6.58. The molecule has 0 aromatic heterocycles. The molecule has 1 saturated heterocycles. The van der Waals surface area contributed by atoms with Gasteiger partial charge in [-0.05, 0) is 32.6 Å². The molecule has 1 saturated carbocycles. The Balaban J connectivity index is 0.00000162. The van der Waals surface area contributed by atoms with Crippen molar-refractivity contribution in [3.05, 3.63) is 0 Å². The van der Waals surface area contributed by atoms with E-state index in [1.165, 1.54) is 0 Å². The van der Waals surface area contributed by atoms with Gasteiger partial charge in [0.1, 0.15) is 0 Å². The third-order valence-electron chi connectivity index (χ3n) is 4.50. The van der Waals surface area contributed by atoms with Crippen LogP contribution >= 0.6 is 24.8 Å². The molecule has 6 heteroatoms. The molecule has 0 aromatic rings. The number of nitrogens with two attached hydrogens (primary N) is 1. The number of rotatable bonds is 2. The van der Waals surface area contributed by atoms with E-state index in [1.807, 2.05) is 14.1 Å². The Hall–Kier alpha value is -0.0300. The average Bonchev–Trinajstić information content (AvgIpc) is 2.69. The number of fused-ring (bicyclic) bond motifs is 1. The number of halogens is 2. The van der Waals surface area contributed by atoms with Gasteiger partial charge in [0, 0.05) is 39.3 Å². The number of carbonyl (C=O) groups is 1. The maximum Gasteiger partial charge on any atom is 0.229 e. The Kier molecular flexibility index (Phi) is 6.60. The lowest BCUT2D eigenvalue weighted by Gasteiger charge is -2.31. The maximum absolute atomic E-state index is 12.5. The highest BCUT2D eigenvalue weighted by molar-refractivity contribution is 5.85. The second kappa shape index (κ2) is 6.61. The van der Waals surface area contributed by atoms with Crippen LogP contribution in [0, 0.1) is 11.3 Å². The van der Waals surface area contributed by atoms with Crippen molar-refractivity contribution < 1.29 is 4.79 Å². The quantitative estimate of drug-likeness (QED) is 0.838. The van der Waals surface area contributed by atoms with Gasteiger partial charge >= 0.3 is 0 Å². The van der Waals surface area contributed by atoms with Crippen LogP contribution in [-0.4, -0.2) is 55.0 Å². The van der Waals surface area contributed by atoms with Gasteiger partial charge in [0.2, 0.25) is 5.91 Å². The topological polar surface area (TPSA) is 49.6 Å². The smallest absolute Gasteiger partial charge is 0.229 e. The molecule has 0 aromatic carbocycles. The summed E-state index contributed by atoms with van der Waals surface area (Å²) in [6.45, 7) is 6.33. The van der Waals surface area contributed by atoms with Crippen LogP contribution in [0.3, 0.4) is 0 Å². The standard InChI is InChI=1S/C13H25N3O.2ClH/c1-9(2)16-7-10-5-11(14)6-13(10,8-16)12(17)15(3)4;;/h9-11H,5-8,14H2,1-4H3;2*1H. The van der Waals surface area contributed by atoms with Crippen LogP contribution in [0.4, 0.5) is 0 Å². The zero-order valence-corrected chi connectivity index (χ0v) is 13.9. The summed E-state index contributed by atoms with van der Waals surface area (Å²) in [6.07, 6.45) is 1.86. The van der Waals surface area contributed by atoms with Crippen molar-refractivity contribution in [1.29, 1.82) is 0 Å². The van der Waals surface area contributed by atoms with E-state index in [9.17, 15) is 4.79 Å². The van der Waals surface area contributed by atoms with E-state index in [4.69, 9.17) is 5.73 Å². The van der Waals surface area contributed by atoms with E-state index >= 15 is 0 Å². The Morgan fingerprint density at radius 2 is 1.95 bits per heavy atom. The van der Waals surface area contributed by atoms with E-state index < -0.39 is 0 Å². The molecule has 19 heavy (non-hydrogen) atoms. The molecule has 114 valence electrons. The number of nitrogens with zero attached hydrogens (tertiary/aromatic N) is 2. The highest BCUT2D eigenvalue weighted by Crippen LogP contribution is 2.49. The highest BCUT2D eigenvalue weighted by atomic mass is 35.5. The minimum atomic E-state index is -0.201. The second-order valence-electron chi connectivity index (χ2n) is 6.28. The van der Waals surface area contributed by atoms with Crippen molar-refractivity contribution in [1.82, 2.24) is 9.80 Å². The molecule has 1 heterocycles. The van der Waals surface area contributed by atoms with Gasteiger partial charge < -0.3 is 10.6 Å². The fourth-order valence-electron chi connectivity index (χ4n) is 3.63. The first-order valence-electron chi connectivity index (χ1n) is 6.58. The molecule has 3 unspecified atom stereocenters. The Morgan fingerprint density at radius 1 is 1.37 bits per heavy atom. The fraction of sp³-hybridized carbons (Fsp3) is 0.923. The first-order chi connectivity index (χ1) is 7.86. The molecule has 2 N–H and O–H groups in total. The molecule has 0 bridgehead atoms. The normalized spacial score (nSPS) is 33.6. The van der Waals surface area contributed by atoms with Crippen LogP contribution < -0.4 is 5.73 Å². The number of hydrogen-bond donors (Lipinski definition) is 1. The van der Waals surface area contributed by atoms with Gasteiger partial charge in [0.25, 0.3) is 0 Å². The van der Waals surface area contributed by atoms with Crippen LogP contribution in [0.5, 0.6) is 0 Å². The van der Waals surface area contributed by atoms with E-state index in [2.05, 4.69) is 18.7 Å². The summed E-state index contributed by atoms with van der Waals surface area (Å²) in [5.74, 6) is 0.730. The third kappa shape index (κ3) is 3.18. The number of hydrogen-bond acceptors (Lipinski definition) is 3. The van der Waals surface area contributed by atoms with Gasteiger partial charge in [-0.1, -0.05) is 0 Å². The summed E-state index contributed by atoms with van der Waals surface area (Å²) in [7, 11) is 3.71. The number of likely N-dealkylation sites (tertiary alicyclic amines) is 1. The number of amides is 1. The summed E-state index contributed by atoms with van der Waals surface area (Å²) in [4.78, 5) is 16.7. The second-order valence-corrected chi connectivity index (χ2v) is 6.28. The van der Waals surface area contributed by atoms with Gasteiger partial charge in [0.05, 0.1) is 5.41 Å². The zero-order chi connectivity index (χ0) is 12.8. The molecule has 2 fully saturated rings. The fourth-order valence-corrected chi connectivity index (χ4v) is 3.63. The van der Waals surface area contributed by atoms with Gasteiger partial charge in [-0.15, -0.1) is 24.8 Å². The molecule has 1 aliphatic heterocycles. The van der Waals surface area contributed by atoms with Gasteiger partial charge in [-0.25, -0.2) is 0 Å². The van der Waals surface area contributed by atoms with E-state index in [-0.39, 0.29) is 42.2 Å². The molecule has 1 amide bonds. The summed E-state index contributed by atoms with van der Waals surface area (Å²) >= 11 is 0. The van der Waals surface area contributed by atoms with Crippen LogP contribution in [0.25, 0.3) is 0 Å². The van der Waals surface area contributed by atoms with Crippen molar-refractivity contribution >= 4 is 30.7 Å². The molecule has 0 spiro atoms. The van der Waals surface area contributed by atoms with Crippen molar-refractivity contribution in [2.24, 2.45) is 17.1 Å². The molecule has 3 atom stereocenters. The molecular weight excluding hydrogens is 285 g/mol. The SMILES string of the molecule is CC(C)N1CC2CC(N)CC2(C(=O)N(C)C)C1.Cl.Cl. The van der Waals surface area contributed by atoms with Crippen molar-refractivity contribution in [3.8, 4) is 0 Å². The molecular formula is C13H27Cl2N3O. The lowest BCUT2D eigenvalue weighted by Crippen LogP contribution is -2.45. The van der Waals surface area contributed by atoms with Crippen LogP contribution in [0.15, 0.2) is 0 Å². The van der Waals surface area contributed by atoms with Crippen molar-refractivity contribution in [2.45, 2.75) is 38.8 Å². The van der Waals surface area contributed by atoms with Crippen LogP contribution in [-0.2, 0) is 4.79 Å². The summed E-state index contributed by atoms with van der Waals surface area (Å²) in [5, 5.41) is 0. The summed E-state index contributed by atoms with van der Waals surface area (Å²) < 4.78 is 0. The molecule has 1 aliphatic carbocycles. The van der Waals surface area contributed by atoms with Gasteiger partial charge in [-0.2, -0.15) is 0 Å². The van der Waals surface area contributed by atoms with Gasteiger partial charge in [0.15, 0.2) is 0 Å². The Bertz CT molecular complexity index is 325. The minimum absolute atomic E-state index is 0. The van der Waals surface area contributed by atoms with Crippen molar-refractivity contribution in [3.63, 3.8) is 0 Å². The molecule has 4 nitrogen and oxygen atoms in total. The summed E-state index contributed by atoms with van der Waals surface area (Å²) in [6, 6.07) is 0.724. The molecule has 2 aliphatic rings. The van der Waals surface area contributed by atoms with Crippen LogP contribution in [0.1, 0.15) is 26.7 Å². The first kappa shape index (κ1) is 19.0. The lowest BCUT2D eigenvalue weighted by atomic mass is 9.79. The van der Waals surface area contributed by atoms with E-state index in [0.29, 0.717) is 12.0 Å². The summed E-state index contributed by atoms with van der Waals surface area (Å²) in [5.41, 5.74) is 5.88. The highest BCUT2D eigenvalue weighted by Gasteiger charge is 2.57. The average molecular weight is 312 g/mol. The Labute approximate surface area is 128 Å². The van der Waals surface area contributed by atoms with E-state index in [1.54, 1.807) is 4.90 Å². The zero-order valence-electron chi connectivity index (χ0n) is 12.3. The predicted molar refractivity (Wildman–Crippen MR) is 83.0 cm³/mol. The monoisotopic (exact) mass is 311 g/mol. The van der Waals surface area contributed by atoms with Crippen LogP contribution in [0.2, 0.25) is 0 Å². The lowest BCUT2D eigenvalue weighted by molar-refractivity contribution is -0.140. The maximum atomic E-state index is 12.5. The third-order valence-corrected chi connectivity index (χ3v) is 4.50. The Morgan fingerprint density at radius 3 is 2.42 bits per heavy atom. The van der Waals surface area contributed by atoms with Gasteiger partial charge in [-0.3, -0.25) is 9.69 Å².